The summed E-state index contributed by atoms with van der Waals surface area (Å²) in [4.78, 5) is 12.0. The molecule has 1 aliphatic rings. The Kier molecular flexibility index (Phi) is 8.42. The molecular weight excluding hydrogens is 304 g/mol. The molecule has 5 nitrogen and oxygen atoms in total. The van der Waals surface area contributed by atoms with Gasteiger partial charge in [-0.25, -0.2) is 0 Å². The Hall–Kier alpha value is -1.14. The van der Waals surface area contributed by atoms with Gasteiger partial charge >= 0.3 is 0 Å². The van der Waals surface area contributed by atoms with Crippen molar-refractivity contribution in [3.05, 3.63) is 35.9 Å². The van der Waals surface area contributed by atoms with E-state index in [9.17, 15) is 9.90 Å². The summed E-state index contributed by atoms with van der Waals surface area (Å²) in [6.45, 7) is 1.56. The second kappa shape index (κ2) is 9.79. The Balaban J connectivity index is 0.00000242. The van der Waals surface area contributed by atoms with Crippen molar-refractivity contribution in [1.82, 2.24) is 5.32 Å². The first kappa shape index (κ1) is 18.9. The Bertz CT molecular complexity index is 438. The second-order valence-corrected chi connectivity index (χ2v) is 5.56. The quantitative estimate of drug-likeness (QED) is 0.724. The maximum Gasteiger partial charge on any atom is 0.237 e. The average molecular weight is 329 g/mol. The first-order valence-electron chi connectivity index (χ1n) is 7.50. The van der Waals surface area contributed by atoms with Gasteiger partial charge in [-0.3, -0.25) is 4.79 Å². The number of hydrogen-bond acceptors (Lipinski definition) is 4. The highest BCUT2D eigenvalue weighted by atomic mass is 35.5. The fourth-order valence-corrected chi connectivity index (χ4v) is 2.58. The van der Waals surface area contributed by atoms with Crippen LogP contribution in [0.1, 0.15) is 18.4 Å². The van der Waals surface area contributed by atoms with E-state index < -0.39 is 12.1 Å². The van der Waals surface area contributed by atoms with Gasteiger partial charge in [-0.15, -0.1) is 12.4 Å². The monoisotopic (exact) mass is 328 g/mol. The van der Waals surface area contributed by atoms with Gasteiger partial charge in [0.1, 0.15) is 0 Å². The summed E-state index contributed by atoms with van der Waals surface area (Å²) in [5, 5.41) is 12.7. The van der Waals surface area contributed by atoms with Gasteiger partial charge in [0, 0.05) is 26.2 Å². The molecule has 0 radical (unpaired) electrons. The zero-order valence-corrected chi connectivity index (χ0v) is 13.4. The van der Waals surface area contributed by atoms with E-state index in [0.29, 0.717) is 19.6 Å². The van der Waals surface area contributed by atoms with Crippen LogP contribution in [0.15, 0.2) is 30.3 Å². The van der Waals surface area contributed by atoms with Crippen LogP contribution >= 0.6 is 12.4 Å². The van der Waals surface area contributed by atoms with Gasteiger partial charge in [-0.1, -0.05) is 30.3 Å². The van der Waals surface area contributed by atoms with Gasteiger partial charge < -0.3 is 20.9 Å². The number of halogens is 1. The van der Waals surface area contributed by atoms with Crippen LogP contribution in [0.2, 0.25) is 0 Å². The Morgan fingerprint density at radius 1 is 1.32 bits per heavy atom. The first-order valence-corrected chi connectivity index (χ1v) is 7.50. The van der Waals surface area contributed by atoms with Crippen LogP contribution in [-0.4, -0.2) is 42.9 Å². The molecular formula is C16H25ClN2O3. The molecule has 1 saturated heterocycles. The number of nitrogens with two attached hydrogens (primary N) is 1. The van der Waals surface area contributed by atoms with Gasteiger partial charge in [-0.05, 0) is 24.3 Å². The van der Waals surface area contributed by atoms with Crippen molar-refractivity contribution in [2.45, 2.75) is 31.4 Å². The number of carbonyl (C=O) groups is 1. The molecule has 124 valence electrons. The Labute approximate surface area is 137 Å². The molecule has 2 rings (SSSR count). The summed E-state index contributed by atoms with van der Waals surface area (Å²) < 4.78 is 5.27. The van der Waals surface area contributed by atoms with Crippen molar-refractivity contribution in [3.63, 3.8) is 0 Å². The van der Waals surface area contributed by atoms with Crippen LogP contribution in [0.4, 0.5) is 0 Å². The maximum absolute atomic E-state index is 12.0. The van der Waals surface area contributed by atoms with Gasteiger partial charge in [-0.2, -0.15) is 0 Å². The van der Waals surface area contributed by atoms with E-state index in [1.165, 1.54) is 0 Å². The van der Waals surface area contributed by atoms with E-state index in [-0.39, 0.29) is 30.8 Å². The lowest BCUT2D eigenvalue weighted by Gasteiger charge is -2.27. The van der Waals surface area contributed by atoms with Crippen LogP contribution in [-0.2, 0) is 16.0 Å². The van der Waals surface area contributed by atoms with Crippen LogP contribution < -0.4 is 11.1 Å². The van der Waals surface area contributed by atoms with Gasteiger partial charge in [0.25, 0.3) is 0 Å². The largest absolute Gasteiger partial charge is 0.391 e. The first-order chi connectivity index (χ1) is 10.2. The number of aliphatic hydroxyl groups is 1. The van der Waals surface area contributed by atoms with Crippen molar-refractivity contribution in [2.24, 2.45) is 11.7 Å². The zero-order valence-electron chi connectivity index (χ0n) is 12.6. The highest BCUT2D eigenvalue weighted by Crippen LogP contribution is 2.17. The molecule has 0 saturated carbocycles. The van der Waals surface area contributed by atoms with Crippen molar-refractivity contribution < 1.29 is 14.6 Å². The number of ether oxygens (including phenoxy) is 1. The molecule has 2 atom stereocenters. The van der Waals surface area contributed by atoms with E-state index in [1.807, 2.05) is 30.3 Å². The Morgan fingerprint density at radius 2 is 1.95 bits per heavy atom. The molecule has 4 N–H and O–H groups in total. The summed E-state index contributed by atoms with van der Waals surface area (Å²) in [6, 6.07) is 9.20. The lowest BCUT2D eigenvalue weighted by molar-refractivity contribution is -0.124. The van der Waals surface area contributed by atoms with Crippen molar-refractivity contribution in [2.75, 3.05) is 19.8 Å². The molecule has 1 aliphatic heterocycles. The van der Waals surface area contributed by atoms with E-state index in [1.54, 1.807) is 0 Å². The number of carbonyl (C=O) groups excluding carboxylic acids is 1. The van der Waals surface area contributed by atoms with Gasteiger partial charge in [0.2, 0.25) is 5.91 Å². The van der Waals surface area contributed by atoms with Crippen molar-refractivity contribution >= 4 is 18.3 Å². The van der Waals surface area contributed by atoms with E-state index >= 15 is 0 Å². The van der Waals surface area contributed by atoms with E-state index in [4.69, 9.17) is 10.5 Å². The SMILES string of the molecule is Cl.NC(C(=O)NCC(O)Cc1ccccc1)C1CCOCC1. The normalized spacial score (nSPS) is 18.1. The summed E-state index contributed by atoms with van der Waals surface area (Å²) >= 11 is 0. The molecule has 22 heavy (non-hydrogen) atoms. The Morgan fingerprint density at radius 3 is 2.59 bits per heavy atom. The molecule has 0 bridgehead atoms. The number of nitrogens with one attached hydrogen (secondary N) is 1. The minimum atomic E-state index is -0.599. The van der Waals surface area contributed by atoms with Crippen LogP contribution in [0, 0.1) is 5.92 Å². The molecule has 1 fully saturated rings. The lowest BCUT2D eigenvalue weighted by Crippen LogP contribution is -2.48. The fraction of sp³-hybridized carbons (Fsp3) is 0.562. The van der Waals surface area contributed by atoms with Gasteiger partial charge in [0.15, 0.2) is 0 Å². The highest BCUT2D eigenvalue weighted by molar-refractivity contribution is 5.85. The third kappa shape index (κ3) is 5.93. The summed E-state index contributed by atoms with van der Waals surface area (Å²) in [7, 11) is 0. The van der Waals surface area contributed by atoms with Crippen LogP contribution in [0.25, 0.3) is 0 Å². The van der Waals surface area contributed by atoms with E-state index in [2.05, 4.69) is 5.32 Å². The molecule has 0 aromatic heterocycles. The van der Waals surface area contributed by atoms with E-state index in [0.717, 1.165) is 18.4 Å². The minimum absolute atomic E-state index is 0. The second-order valence-electron chi connectivity index (χ2n) is 5.56. The lowest BCUT2D eigenvalue weighted by atomic mass is 9.92. The summed E-state index contributed by atoms with van der Waals surface area (Å²) in [5.74, 6) is -0.0148. The molecule has 1 heterocycles. The molecule has 2 unspecified atom stereocenters. The standard InChI is InChI=1S/C16H24N2O3.ClH/c17-15(13-6-8-21-9-7-13)16(20)18-11-14(19)10-12-4-2-1-3-5-12;/h1-5,13-15,19H,6-11,17H2,(H,18,20);1H. The molecule has 0 spiro atoms. The molecule has 6 heteroatoms. The predicted octanol–water partition coefficient (Wildman–Crippen LogP) is 0.882. The minimum Gasteiger partial charge on any atom is -0.391 e. The highest BCUT2D eigenvalue weighted by Gasteiger charge is 2.26. The van der Waals surface area contributed by atoms with Crippen molar-refractivity contribution in [1.29, 1.82) is 0 Å². The number of benzene rings is 1. The molecule has 1 aromatic rings. The molecule has 0 aliphatic carbocycles. The zero-order chi connectivity index (χ0) is 15.1. The fourth-order valence-electron chi connectivity index (χ4n) is 2.58. The third-order valence-corrected chi connectivity index (χ3v) is 3.90. The van der Waals surface area contributed by atoms with Crippen LogP contribution in [0.5, 0.6) is 0 Å². The topological polar surface area (TPSA) is 84.6 Å². The van der Waals surface area contributed by atoms with Crippen LogP contribution in [0.3, 0.4) is 0 Å². The predicted molar refractivity (Wildman–Crippen MR) is 87.9 cm³/mol. The summed E-state index contributed by atoms with van der Waals surface area (Å²) in [6.07, 6.45) is 1.56. The summed E-state index contributed by atoms with van der Waals surface area (Å²) in [5.41, 5.74) is 7.03. The average Bonchev–Trinajstić information content (AvgIpc) is 2.53. The number of aliphatic hydroxyl groups excluding tert-OH is 1. The smallest absolute Gasteiger partial charge is 0.237 e. The maximum atomic E-state index is 12.0. The van der Waals surface area contributed by atoms with Crippen molar-refractivity contribution in [3.8, 4) is 0 Å². The third-order valence-electron chi connectivity index (χ3n) is 3.90. The molecule has 1 aromatic carbocycles. The molecule has 1 amide bonds. The van der Waals surface area contributed by atoms with Gasteiger partial charge in [0.05, 0.1) is 12.1 Å². The number of rotatable bonds is 6. The number of amides is 1. The number of hydrogen-bond donors (Lipinski definition) is 3.